The molecule has 5 nitrogen and oxygen atoms in total. The largest absolute Gasteiger partial charge is 0.343 e. The Labute approximate surface area is 121 Å². The van der Waals surface area contributed by atoms with Crippen LogP contribution in [0.5, 0.6) is 0 Å². The van der Waals surface area contributed by atoms with Crippen molar-refractivity contribution >= 4 is 5.91 Å². The number of nitrogens with zero attached hydrogens (tertiary/aromatic N) is 3. The van der Waals surface area contributed by atoms with Gasteiger partial charge in [-0.2, -0.15) is 5.10 Å². The van der Waals surface area contributed by atoms with Crippen LogP contribution >= 0.6 is 0 Å². The molecule has 0 unspecified atom stereocenters. The topological polar surface area (TPSA) is 50.2 Å². The standard InChI is InChI=1S/C15H26N4O/c1-12(13(2)19-8-4-7-17-19)16-11-15-5-9-18(10-6-15)14(3)20/h4,7-8,12-13,15-16H,5-6,9-11H2,1-3H3/t12-,13-/m0/s1. The van der Waals surface area contributed by atoms with Crippen molar-refractivity contribution in [2.24, 2.45) is 5.92 Å². The molecule has 1 aromatic rings. The third-order valence-corrected chi connectivity index (χ3v) is 4.45. The summed E-state index contributed by atoms with van der Waals surface area (Å²) < 4.78 is 2.00. The van der Waals surface area contributed by atoms with Gasteiger partial charge in [-0.3, -0.25) is 9.48 Å². The molecule has 1 N–H and O–H groups in total. The van der Waals surface area contributed by atoms with Gasteiger partial charge >= 0.3 is 0 Å². The zero-order valence-electron chi connectivity index (χ0n) is 12.7. The van der Waals surface area contributed by atoms with E-state index in [1.165, 1.54) is 0 Å². The SMILES string of the molecule is CC(=O)N1CCC(CN[C@@H](C)[C@H](C)n2cccn2)CC1. The molecule has 0 saturated carbocycles. The van der Waals surface area contributed by atoms with Gasteiger partial charge in [0.25, 0.3) is 0 Å². The second-order valence-electron chi connectivity index (χ2n) is 5.87. The summed E-state index contributed by atoms with van der Waals surface area (Å²) in [7, 11) is 0. The van der Waals surface area contributed by atoms with E-state index in [0.717, 1.165) is 32.5 Å². The number of carbonyl (C=O) groups is 1. The van der Waals surface area contributed by atoms with Crippen LogP contribution in [0, 0.1) is 5.92 Å². The molecular weight excluding hydrogens is 252 g/mol. The molecule has 20 heavy (non-hydrogen) atoms. The van der Waals surface area contributed by atoms with E-state index in [9.17, 15) is 4.79 Å². The molecule has 5 heteroatoms. The van der Waals surface area contributed by atoms with Gasteiger partial charge in [0, 0.05) is 38.4 Å². The lowest BCUT2D eigenvalue weighted by atomic mass is 9.96. The molecule has 1 saturated heterocycles. The van der Waals surface area contributed by atoms with Gasteiger partial charge in [0.2, 0.25) is 5.91 Å². The van der Waals surface area contributed by atoms with E-state index in [0.29, 0.717) is 18.0 Å². The quantitative estimate of drug-likeness (QED) is 0.891. The number of likely N-dealkylation sites (tertiary alicyclic amines) is 1. The van der Waals surface area contributed by atoms with Crippen LogP contribution in [0.2, 0.25) is 0 Å². The molecule has 1 aliphatic heterocycles. The molecule has 0 aliphatic carbocycles. The van der Waals surface area contributed by atoms with Crippen molar-refractivity contribution in [1.82, 2.24) is 20.0 Å². The zero-order chi connectivity index (χ0) is 14.5. The summed E-state index contributed by atoms with van der Waals surface area (Å²) in [5.74, 6) is 0.884. The van der Waals surface area contributed by atoms with Crippen molar-refractivity contribution < 1.29 is 4.79 Å². The van der Waals surface area contributed by atoms with Gasteiger partial charge in [-0.1, -0.05) is 0 Å². The lowest BCUT2D eigenvalue weighted by Gasteiger charge is -2.32. The van der Waals surface area contributed by atoms with E-state index < -0.39 is 0 Å². The van der Waals surface area contributed by atoms with Crippen LogP contribution in [0.25, 0.3) is 0 Å². The lowest BCUT2D eigenvalue weighted by molar-refractivity contribution is -0.130. The van der Waals surface area contributed by atoms with Gasteiger partial charge in [0.05, 0.1) is 6.04 Å². The minimum Gasteiger partial charge on any atom is -0.343 e. The van der Waals surface area contributed by atoms with Crippen LogP contribution in [-0.2, 0) is 4.79 Å². The predicted molar refractivity (Wildman–Crippen MR) is 79.4 cm³/mol. The lowest BCUT2D eigenvalue weighted by Crippen LogP contribution is -2.42. The molecule has 1 fully saturated rings. The average Bonchev–Trinajstić information content (AvgIpc) is 2.98. The molecule has 2 rings (SSSR count). The molecule has 2 heterocycles. The molecule has 1 aliphatic rings. The Kier molecular flexibility index (Phi) is 5.17. The van der Waals surface area contributed by atoms with Gasteiger partial charge in [-0.05, 0) is 45.2 Å². The summed E-state index contributed by atoms with van der Waals surface area (Å²) in [6.07, 6.45) is 6.04. The second kappa shape index (κ2) is 6.88. The molecule has 0 spiro atoms. The number of hydrogen-bond donors (Lipinski definition) is 1. The first-order valence-corrected chi connectivity index (χ1v) is 7.56. The molecule has 0 aromatic carbocycles. The van der Waals surface area contributed by atoms with E-state index in [-0.39, 0.29) is 5.91 Å². The molecule has 2 atom stereocenters. The smallest absolute Gasteiger partial charge is 0.219 e. The first-order chi connectivity index (χ1) is 9.58. The van der Waals surface area contributed by atoms with Gasteiger partial charge in [-0.25, -0.2) is 0 Å². The second-order valence-corrected chi connectivity index (χ2v) is 5.87. The van der Waals surface area contributed by atoms with Crippen LogP contribution in [0.3, 0.4) is 0 Å². The van der Waals surface area contributed by atoms with Crippen LogP contribution in [0.15, 0.2) is 18.5 Å². The number of nitrogens with one attached hydrogen (secondary N) is 1. The van der Waals surface area contributed by atoms with Crippen molar-refractivity contribution in [3.63, 3.8) is 0 Å². The van der Waals surface area contributed by atoms with E-state index in [1.54, 1.807) is 6.92 Å². The number of piperidine rings is 1. The number of carbonyl (C=O) groups excluding carboxylic acids is 1. The molecular formula is C15H26N4O. The summed E-state index contributed by atoms with van der Waals surface area (Å²) in [5.41, 5.74) is 0. The van der Waals surface area contributed by atoms with E-state index in [1.807, 2.05) is 28.0 Å². The number of amides is 1. The van der Waals surface area contributed by atoms with E-state index >= 15 is 0 Å². The Balaban J connectivity index is 1.72. The maximum atomic E-state index is 11.3. The Morgan fingerprint density at radius 3 is 2.65 bits per heavy atom. The maximum Gasteiger partial charge on any atom is 0.219 e. The highest BCUT2D eigenvalue weighted by molar-refractivity contribution is 5.73. The highest BCUT2D eigenvalue weighted by Crippen LogP contribution is 2.17. The van der Waals surface area contributed by atoms with Gasteiger partial charge < -0.3 is 10.2 Å². The van der Waals surface area contributed by atoms with Crippen molar-refractivity contribution in [2.45, 2.75) is 45.7 Å². The fourth-order valence-corrected chi connectivity index (χ4v) is 2.73. The van der Waals surface area contributed by atoms with E-state index in [4.69, 9.17) is 0 Å². The number of hydrogen-bond acceptors (Lipinski definition) is 3. The van der Waals surface area contributed by atoms with Crippen molar-refractivity contribution in [1.29, 1.82) is 0 Å². The van der Waals surface area contributed by atoms with Gasteiger partial charge in [0.1, 0.15) is 0 Å². The Bertz CT molecular complexity index is 410. The first kappa shape index (κ1) is 15.0. The minimum atomic E-state index is 0.206. The summed E-state index contributed by atoms with van der Waals surface area (Å²) >= 11 is 0. The van der Waals surface area contributed by atoms with Crippen molar-refractivity contribution in [3.05, 3.63) is 18.5 Å². The third kappa shape index (κ3) is 3.82. The maximum absolute atomic E-state index is 11.3. The Morgan fingerprint density at radius 2 is 2.10 bits per heavy atom. The average molecular weight is 278 g/mol. The Hall–Kier alpha value is -1.36. The highest BCUT2D eigenvalue weighted by atomic mass is 16.2. The monoisotopic (exact) mass is 278 g/mol. The van der Waals surface area contributed by atoms with Crippen LogP contribution in [0.4, 0.5) is 0 Å². The number of rotatable bonds is 5. The van der Waals surface area contributed by atoms with Crippen LogP contribution in [-0.4, -0.2) is 46.3 Å². The highest BCUT2D eigenvalue weighted by Gasteiger charge is 2.22. The molecule has 0 bridgehead atoms. The van der Waals surface area contributed by atoms with Crippen LogP contribution < -0.4 is 5.32 Å². The van der Waals surface area contributed by atoms with Crippen molar-refractivity contribution in [3.8, 4) is 0 Å². The number of aromatic nitrogens is 2. The normalized spacial score (nSPS) is 19.9. The minimum absolute atomic E-state index is 0.206. The Morgan fingerprint density at radius 1 is 1.40 bits per heavy atom. The summed E-state index contributed by atoms with van der Waals surface area (Å²) in [4.78, 5) is 13.2. The van der Waals surface area contributed by atoms with Gasteiger partial charge in [0.15, 0.2) is 0 Å². The fourth-order valence-electron chi connectivity index (χ4n) is 2.73. The van der Waals surface area contributed by atoms with Crippen LogP contribution in [0.1, 0.15) is 39.7 Å². The molecule has 0 radical (unpaired) electrons. The summed E-state index contributed by atoms with van der Waals surface area (Å²) in [5, 5.41) is 7.91. The van der Waals surface area contributed by atoms with Gasteiger partial charge in [-0.15, -0.1) is 0 Å². The fraction of sp³-hybridized carbons (Fsp3) is 0.733. The predicted octanol–water partition coefficient (Wildman–Crippen LogP) is 1.68. The first-order valence-electron chi connectivity index (χ1n) is 7.56. The zero-order valence-corrected chi connectivity index (χ0v) is 12.7. The third-order valence-electron chi connectivity index (χ3n) is 4.45. The molecule has 1 amide bonds. The van der Waals surface area contributed by atoms with Crippen molar-refractivity contribution in [2.75, 3.05) is 19.6 Å². The molecule has 1 aromatic heterocycles. The van der Waals surface area contributed by atoms with E-state index in [2.05, 4.69) is 24.3 Å². The summed E-state index contributed by atoms with van der Waals surface area (Å²) in [6, 6.07) is 2.70. The summed E-state index contributed by atoms with van der Waals surface area (Å²) in [6.45, 7) is 8.89. The molecule has 112 valence electrons.